The molecule has 4 rings (SSSR count). The summed E-state index contributed by atoms with van der Waals surface area (Å²) in [6, 6.07) is 14.8. The number of amides is 1. The van der Waals surface area contributed by atoms with Crippen molar-refractivity contribution in [1.29, 1.82) is 0 Å². The van der Waals surface area contributed by atoms with Crippen molar-refractivity contribution in [3.63, 3.8) is 0 Å². The molecule has 0 radical (unpaired) electrons. The summed E-state index contributed by atoms with van der Waals surface area (Å²) in [5, 5.41) is 0.0137. The molecule has 2 aliphatic heterocycles. The van der Waals surface area contributed by atoms with Gasteiger partial charge in [-0.15, -0.1) is 11.8 Å². The Morgan fingerprint density at radius 3 is 2.42 bits per heavy atom. The molecule has 0 aliphatic carbocycles. The number of rotatable bonds is 2. The molecule has 0 aromatic heterocycles. The predicted molar refractivity (Wildman–Crippen MR) is 95.0 cm³/mol. The first-order chi connectivity index (χ1) is 11.7. The van der Waals surface area contributed by atoms with Crippen molar-refractivity contribution in [2.75, 3.05) is 31.1 Å². The van der Waals surface area contributed by atoms with Gasteiger partial charge in [0.25, 0.3) is 0 Å². The van der Waals surface area contributed by atoms with Crippen LogP contribution in [0.2, 0.25) is 0 Å². The molecule has 2 aliphatic rings. The molecule has 1 atom stereocenters. The lowest BCUT2D eigenvalue weighted by atomic mass is 10.1. The number of halogens is 1. The van der Waals surface area contributed by atoms with Crippen LogP contribution >= 0.6 is 11.8 Å². The largest absolute Gasteiger partial charge is 0.368 e. The van der Waals surface area contributed by atoms with Crippen LogP contribution < -0.4 is 4.90 Å². The van der Waals surface area contributed by atoms with Crippen molar-refractivity contribution < 1.29 is 9.18 Å². The number of hydrogen-bond donors (Lipinski definition) is 0. The summed E-state index contributed by atoms with van der Waals surface area (Å²) in [5.41, 5.74) is 2.30. The molecular formula is C19H19FN2OS. The highest BCUT2D eigenvalue weighted by molar-refractivity contribution is 8.01. The molecule has 2 aromatic rings. The minimum Gasteiger partial charge on any atom is -0.368 e. The molecular weight excluding hydrogens is 323 g/mol. The zero-order chi connectivity index (χ0) is 16.5. The first kappa shape index (κ1) is 15.5. The summed E-state index contributed by atoms with van der Waals surface area (Å²) in [5.74, 6) is 0.0281. The van der Waals surface area contributed by atoms with Gasteiger partial charge in [-0.1, -0.05) is 18.2 Å². The standard InChI is InChI=1S/C19H19FN2OS/c20-15-5-7-16(8-6-15)21-9-11-22(12-10-21)19(23)18-13-14-3-1-2-4-17(14)24-18/h1-8,18H,9-13H2. The number of anilines is 1. The molecule has 124 valence electrons. The van der Waals surface area contributed by atoms with E-state index in [1.54, 1.807) is 23.9 Å². The van der Waals surface area contributed by atoms with Gasteiger partial charge in [0.15, 0.2) is 0 Å². The second-order valence-corrected chi connectivity index (χ2v) is 7.45. The van der Waals surface area contributed by atoms with Gasteiger partial charge in [0.05, 0.1) is 5.25 Å². The zero-order valence-electron chi connectivity index (χ0n) is 13.3. The van der Waals surface area contributed by atoms with Crippen LogP contribution in [0.25, 0.3) is 0 Å². The van der Waals surface area contributed by atoms with Crippen molar-refractivity contribution in [3.05, 3.63) is 59.9 Å². The summed E-state index contributed by atoms with van der Waals surface area (Å²) in [4.78, 5) is 18.2. The molecule has 0 saturated carbocycles. The molecule has 0 spiro atoms. The molecule has 1 amide bonds. The summed E-state index contributed by atoms with van der Waals surface area (Å²) >= 11 is 1.69. The first-order valence-corrected chi connectivity index (χ1v) is 9.12. The predicted octanol–water partition coefficient (Wildman–Crippen LogP) is 3.19. The summed E-state index contributed by atoms with van der Waals surface area (Å²) in [6.45, 7) is 3.04. The smallest absolute Gasteiger partial charge is 0.236 e. The van der Waals surface area contributed by atoms with Crippen LogP contribution in [0.3, 0.4) is 0 Å². The number of hydrogen-bond acceptors (Lipinski definition) is 3. The summed E-state index contributed by atoms with van der Waals surface area (Å²) in [6.07, 6.45) is 0.831. The number of nitrogens with zero attached hydrogens (tertiary/aromatic N) is 2. The highest BCUT2D eigenvalue weighted by atomic mass is 32.2. The Kier molecular flexibility index (Phi) is 4.19. The van der Waals surface area contributed by atoms with Crippen molar-refractivity contribution in [1.82, 2.24) is 4.90 Å². The van der Waals surface area contributed by atoms with E-state index in [0.717, 1.165) is 38.3 Å². The Morgan fingerprint density at radius 1 is 1.00 bits per heavy atom. The maximum absolute atomic E-state index is 13.0. The van der Waals surface area contributed by atoms with Crippen LogP contribution in [0.4, 0.5) is 10.1 Å². The Balaban J connectivity index is 1.36. The van der Waals surface area contributed by atoms with E-state index < -0.39 is 0 Å². The van der Waals surface area contributed by atoms with Crippen LogP contribution in [0.15, 0.2) is 53.4 Å². The fourth-order valence-electron chi connectivity index (χ4n) is 3.36. The highest BCUT2D eigenvalue weighted by Crippen LogP contribution is 2.37. The van der Waals surface area contributed by atoms with Gasteiger partial charge in [0, 0.05) is 36.8 Å². The van der Waals surface area contributed by atoms with Crippen LogP contribution in [0.1, 0.15) is 5.56 Å². The molecule has 1 saturated heterocycles. The fourth-order valence-corrected chi connectivity index (χ4v) is 4.64. The van der Waals surface area contributed by atoms with E-state index in [4.69, 9.17) is 0 Å². The molecule has 0 N–H and O–H groups in total. The lowest BCUT2D eigenvalue weighted by Crippen LogP contribution is -2.51. The first-order valence-electron chi connectivity index (χ1n) is 8.24. The van der Waals surface area contributed by atoms with E-state index in [2.05, 4.69) is 17.0 Å². The van der Waals surface area contributed by atoms with Gasteiger partial charge >= 0.3 is 0 Å². The Bertz CT molecular complexity index is 716. The molecule has 0 bridgehead atoms. The molecule has 24 heavy (non-hydrogen) atoms. The van der Waals surface area contributed by atoms with Gasteiger partial charge in [0.2, 0.25) is 5.91 Å². The number of benzene rings is 2. The maximum Gasteiger partial charge on any atom is 0.236 e. The van der Waals surface area contributed by atoms with E-state index >= 15 is 0 Å². The highest BCUT2D eigenvalue weighted by Gasteiger charge is 2.32. The summed E-state index contributed by atoms with van der Waals surface area (Å²) in [7, 11) is 0. The second-order valence-electron chi connectivity index (χ2n) is 6.21. The average Bonchev–Trinajstić information content (AvgIpc) is 3.06. The third kappa shape index (κ3) is 3.00. The molecule has 1 unspecified atom stereocenters. The van der Waals surface area contributed by atoms with E-state index in [9.17, 15) is 9.18 Å². The Hall–Kier alpha value is -2.01. The van der Waals surface area contributed by atoms with E-state index in [1.165, 1.54) is 22.6 Å². The maximum atomic E-state index is 13.0. The van der Waals surface area contributed by atoms with Gasteiger partial charge in [-0.2, -0.15) is 0 Å². The van der Waals surface area contributed by atoms with Crippen molar-refractivity contribution in [3.8, 4) is 0 Å². The molecule has 3 nitrogen and oxygen atoms in total. The third-order valence-corrected chi connectivity index (χ3v) is 6.01. The quantitative estimate of drug-likeness (QED) is 0.837. The van der Waals surface area contributed by atoms with Gasteiger partial charge in [-0.25, -0.2) is 4.39 Å². The Labute approximate surface area is 145 Å². The van der Waals surface area contributed by atoms with Gasteiger partial charge in [-0.05, 0) is 42.3 Å². The normalized spacial score (nSPS) is 20.1. The van der Waals surface area contributed by atoms with E-state index in [-0.39, 0.29) is 17.0 Å². The lowest BCUT2D eigenvalue weighted by Gasteiger charge is -2.37. The number of carbonyl (C=O) groups excluding carboxylic acids is 1. The number of piperazine rings is 1. The minimum absolute atomic E-state index is 0.0137. The second kappa shape index (κ2) is 6.48. The van der Waals surface area contributed by atoms with E-state index in [0.29, 0.717) is 0 Å². The monoisotopic (exact) mass is 342 g/mol. The van der Waals surface area contributed by atoms with E-state index in [1.807, 2.05) is 17.0 Å². The minimum atomic E-state index is -0.217. The number of fused-ring (bicyclic) bond motifs is 1. The number of carbonyl (C=O) groups is 1. The Morgan fingerprint density at radius 2 is 1.71 bits per heavy atom. The average molecular weight is 342 g/mol. The molecule has 1 fully saturated rings. The van der Waals surface area contributed by atoms with Crippen LogP contribution in [0.5, 0.6) is 0 Å². The molecule has 5 heteroatoms. The molecule has 2 aromatic carbocycles. The van der Waals surface area contributed by atoms with Crippen molar-refractivity contribution in [2.24, 2.45) is 0 Å². The van der Waals surface area contributed by atoms with Crippen LogP contribution in [0, 0.1) is 5.82 Å². The summed E-state index contributed by atoms with van der Waals surface area (Å²) < 4.78 is 13.0. The van der Waals surface area contributed by atoms with Gasteiger partial charge in [-0.3, -0.25) is 4.79 Å². The van der Waals surface area contributed by atoms with Gasteiger partial charge in [0.1, 0.15) is 5.82 Å². The fraction of sp³-hybridized carbons (Fsp3) is 0.316. The number of thioether (sulfide) groups is 1. The lowest BCUT2D eigenvalue weighted by molar-refractivity contribution is -0.130. The van der Waals surface area contributed by atoms with Crippen LogP contribution in [-0.2, 0) is 11.2 Å². The van der Waals surface area contributed by atoms with Gasteiger partial charge < -0.3 is 9.80 Å². The third-order valence-electron chi connectivity index (χ3n) is 4.71. The zero-order valence-corrected chi connectivity index (χ0v) is 14.1. The van der Waals surface area contributed by atoms with Crippen LogP contribution in [-0.4, -0.2) is 42.2 Å². The topological polar surface area (TPSA) is 23.6 Å². The van der Waals surface area contributed by atoms with Crippen molar-refractivity contribution >= 4 is 23.4 Å². The molecule has 2 heterocycles. The SMILES string of the molecule is O=C(C1Cc2ccccc2S1)N1CCN(c2ccc(F)cc2)CC1. The van der Waals surface area contributed by atoms with Crippen molar-refractivity contribution in [2.45, 2.75) is 16.6 Å².